The standard InChI is InChI=1S/C13H18N2O3/c1-8(2)11(13(17)18-3)15-12(16)9-6-4-5-7-10(9)14/h4-8,11H,14H2,1-3H3,(H,15,16)/t11-/m0/s1. The van der Waals surface area contributed by atoms with Crippen LogP contribution in [0.4, 0.5) is 5.69 Å². The summed E-state index contributed by atoms with van der Waals surface area (Å²) in [5, 5.41) is 2.63. The Bertz CT molecular complexity index is 444. The Labute approximate surface area is 106 Å². The highest BCUT2D eigenvalue weighted by Gasteiger charge is 2.25. The van der Waals surface area contributed by atoms with Crippen LogP contribution < -0.4 is 11.1 Å². The van der Waals surface area contributed by atoms with Gasteiger partial charge in [-0.25, -0.2) is 4.79 Å². The van der Waals surface area contributed by atoms with Gasteiger partial charge in [-0.05, 0) is 18.1 Å². The maximum absolute atomic E-state index is 12.0. The molecular formula is C13H18N2O3. The lowest BCUT2D eigenvalue weighted by Gasteiger charge is -2.20. The molecule has 0 aliphatic carbocycles. The molecule has 1 amide bonds. The molecule has 0 aromatic heterocycles. The molecule has 5 heteroatoms. The van der Waals surface area contributed by atoms with E-state index >= 15 is 0 Å². The van der Waals surface area contributed by atoms with Crippen molar-refractivity contribution in [2.45, 2.75) is 19.9 Å². The number of amides is 1. The van der Waals surface area contributed by atoms with Crippen molar-refractivity contribution < 1.29 is 14.3 Å². The Hall–Kier alpha value is -2.04. The zero-order chi connectivity index (χ0) is 13.7. The average molecular weight is 250 g/mol. The highest BCUT2D eigenvalue weighted by atomic mass is 16.5. The number of methoxy groups -OCH3 is 1. The SMILES string of the molecule is COC(=O)[C@@H](NC(=O)c1ccccc1N)C(C)C. The van der Waals surface area contributed by atoms with Crippen LogP contribution in [-0.2, 0) is 9.53 Å². The number of ether oxygens (including phenoxy) is 1. The topological polar surface area (TPSA) is 81.4 Å². The van der Waals surface area contributed by atoms with Crippen LogP contribution in [0.25, 0.3) is 0 Å². The molecule has 0 aliphatic rings. The molecule has 18 heavy (non-hydrogen) atoms. The summed E-state index contributed by atoms with van der Waals surface area (Å²) >= 11 is 0. The van der Waals surface area contributed by atoms with Gasteiger partial charge in [0.15, 0.2) is 0 Å². The van der Waals surface area contributed by atoms with E-state index < -0.39 is 12.0 Å². The fourth-order valence-corrected chi connectivity index (χ4v) is 1.55. The Morgan fingerprint density at radius 1 is 1.28 bits per heavy atom. The molecular weight excluding hydrogens is 232 g/mol. The number of hydrogen-bond donors (Lipinski definition) is 2. The van der Waals surface area contributed by atoms with E-state index in [0.29, 0.717) is 11.3 Å². The third-order valence-corrected chi connectivity index (χ3v) is 2.61. The molecule has 1 aromatic rings. The number of nitrogens with two attached hydrogens (primary N) is 1. The Morgan fingerprint density at radius 3 is 2.39 bits per heavy atom. The number of benzene rings is 1. The third-order valence-electron chi connectivity index (χ3n) is 2.61. The maximum atomic E-state index is 12.0. The van der Waals surface area contributed by atoms with Crippen molar-refractivity contribution >= 4 is 17.6 Å². The van der Waals surface area contributed by atoms with Crippen LogP contribution in [0.5, 0.6) is 0 Å². The summed E-state index contributed by atoms with van der Waals surface area (Å²) in [6.45, 7) is 3.66. The second-order valence-corrected chi connectivity index (χ2v) is 4.31. The van der Waals surface area contributed by atoms with Crippen LogP contribution in [-0.4, -0.2) is 25.0 Å². The number of rotatable bonds is 4. The molecule has 1 rings (SSSR count). The van der Waals surface area contributed by atoms with Crippen molar-refractivity contribution in [1.82, 2.24) is 5.32 Å². The zero-order valence-corrected chi connectivity index (χ0v) is 10.8. The lowest BCUT2D eigenvalue weighted by molar-refractivity contribution is -0.144. The predicted octanol–water partition coefficient (Wildman–Crippen LogP) is 1.20. The Morgan fingerprint density at radius 2 is 1.89 bits per heavy atom. The van der Waals surface area contributed by atoms with E-state index in [1.165, 1.54) is 7.11 Å². The molecule has 0 unspecified atom stereocenters. The number of hydrogen-bond acceptors (Lipinski definition) is 4. The van der Waals surface area contributed by atoms with E-state index in [1.807, 2.05) is 13.8 Å². The van der Waals surface area contributed by atoms with E-state index in [0.717, 1.165) is 0 Å². The number of esters is 1. The second-order valence-electron chi connectivity index (χ2n) is 4.31. The first-order chi connectivity index (χ1) is 8.47. The van der Waals surface area contributed by atoms with E-state index in [2.05, 4.69) is 10.1 Å². The van der Waals surface area contributed by atoms with Crippen molar-refractivity contribution in [3.05, 3.63) is 29.8 Å². The van der Waals surface area contributed by atoms with Gasteiger partial charge in [-0.15, -0.1) is 0 Å². The minimum absolute atomic E-state index is 0.0636. The number of carbonyl (C=O) groups is 2. The van der Waals surface area contributed by atoms with Crippen LogP contribution in [0.2, 0.25) is 0 Å². The molecule has 0 radical (unpaired) electrons. The number of para-hydroxylation sites is 1. The van der Waals surface area contributed by atoms with E-state index in [9.17, 15) is 9.59 Å². The van der Waals surface area contributed by atoms with Gasteiger partial charge in [-0.1, -0.05) is 26.0 Å². The average Bonchev–Trinajstić information content (AvgIpc) is 2.35. The summed E-state index contributed by atoms with van der Waals surface area (Å²) in [7, 11) is 1.29. The van der Waals surface area contributed by atoms with Crippen molar-refractivity contribution in [3.63, 3.8) is 0 Å². The fraction of sp³-hybridized carbons (Fsp3) is 0.385. The van der Waals surface area contributed by atoms with Crippen LogP contribution >= 0.6 is 0 Å². The van der Waals surface area contributed by atoms with E-state index in [1.54, 1.807) is 24.3 Å². The molecule has 0 saturated heterocycles. The van der Waals surface area contributed by atoms with Crippen LogP contribution in [0.3, 0.4) is 0 Å². The molecule has 0 heterocycles. The maximum Gasteiger partial charge on any atom is 0.328 e. The Kier molecular flexibility index (Phi) is 4.71. The molecule has 0 bridgehead atoms. The molecule has 1 atom stereocenters. The lowest BCUT2D eigenvalue weighted by Crippen LogP contribution is -2.45. The largest absolute Gasteiger partial charge is 0.467 e. The van der Waals surface area contributed by atoms with Crippen molar-refractivity contribution in [1.29, 1.82) is 0 Å². The zero-order valence-electron chi connectivity index (χ0n) is 10.8. The van der Waals surface area contributed by atoms with Crippen LogP contribution in [0.1, 0.15) is 24.2 Å². The van der Waals surface area contributed by atoms with Gasteiger partial charge in [0.25, 0.3) is 5.91 Å². The number of carbonyl (C=O) groups excluding carboxylic acids is 2. The highest BCUT2D eigenvalue weighted by molar-refractivity contribution is 6.00. The summed E-state index contributed by atoms with van der Waals surface area (Å²) in [5.74, 6) is -0.906. The van der Waals surface area contributed by atoms with Crippen LogP contribution in [0, 0.1) is 5.92 Å². The summed E-state index contributed by atoms with van der Waals surface area (Å²) in [6, 6.07) is 6.03. The van der Waals surface area contributed by atoms with Crippen molar-refractivity contribution in [2.75, 3.05) is 12.8 Å². The highest BCUT2D eigenvalue weighted by Crippen LogP contribution is 2.12. The van der Waals surface area contributed by atoms with Gasteiger partial charge in [0.05, 0.1) is 12.7 Å². The number of anilines is 1. The van der Waals surface area contributed by atoms with Crippen LogP contribution in [0.15, 0.2) is 24.3 Å². The number of nitrogens with one attached hydrogen (secondary N) is 1. The van der Waals surface area contributed by atoms with Gasteiger partial charge in [-0.3, -0.25) is 4.79 Å². The lowest BCUT2D eigenvalue weighted by atomic mass is 10.0. The molecule has 0 spiro atoms. The molecule has 0 aliphatic heterocycles. The molecule has 98 valence electrons. The predicted molar refractivity (Wildman–Crippen MR) is 69.0 cm³/mol. The molecule has 5 nitrogen and oxygen atoms in total. The van der Waals surface area contributed by atoms with Gasteiger partial charge in [0, 0.05) is 5.69 Å². The first kappa shape index (κ1) is 14.0. The van der Waals surface area contributed by atoms with Gasteiger partial charge in [0.1, 0.15) is 6.04 Å². The van der Waals surface area contributed by atoms with Gasteiger partial charge < -0.3 is 15.8 Å². The molecule has 3 N–H and O–H groups in total. The van der Waals surface area contributed by atoms with E-state index in [4.69, 9.17) is 5.73 Å². The normalized spacial score (nSPS) is 12.0. The second kappa shape index (κ2) is 6.05. The smallest absolute Gasteiger partial charge is 0.328 e. The molecule has 0 fully saturated rings. The summed E-state index contributed by atoms with van der Waals surface area (Å²) < 4.78 is 4.66. The third kappa shape index (κ3) is 3.23. The molecule has 1 aromatic carbocycles. The minimum atomic E-state index is -0.679. The fourth-order valence-electron chi connectivity index (χ4n) is 1.55. The number of nitrogen functional groups attached to an aromatic ring is 1. The monoisotopic (exact) mass is 250 g/mol. The van der Waals surface area contributed by atoms with Gasteiger partial charge in [-0.2, -0.15) is 0 Å². The van der Waals surface area contributed by atoms with Crippen molar-refractivity contribution in [2.24, 2.45) is 5.92 Å². The van der Waals surface area contributed by atoms with Gasteiger partial charge >= 0.3 is 5.97 Å². The summed E-state index contributed by atoms with van der Waals surface area (Å²) in [5.41, 5.74) is 6.44. The summed E-state index contributed by atoms with van der Waals surface area (Å²) in [6.07, 6.45) is 0. The quantitative estimate of drug-likeness (QED) is 0.621. The van der Waals surface area contributed by atoms with Crippen molar-refractivity contribution in [3.8, 4) is 0 Å². The first-order valence-corrected chi connectivity index (χ1v) is 5.70. The summed E-state index contributed by atoms with van der Waals surface area (Å²) in [4.78, 5) is 23.5. The molecule has 0 saturated carbocycles. The Balaban J connectivity index is 2.86. The first-order valence-electron chi connectivity index (χ1n) is 5.70. The minimum Gasteiger partial charge on any atom is -0.467 e. The van der Waals surface area contributed by atoms with E-state index in [-0.39, 0.29) is 11.8 Å². The van der Waals surface area contributed by atoms with Gasteiger partial charge in [0.2, 0.25) is 0 Å².